The molecule has 100 heavy (non-hydrogen) atoms. The van der Waals surface area contributed by atoms with Crippen molar-refractivity contribution < 1.29 is 142 Å². The predicted octanol–water partition coefficient (Wildman–Crippen LogP) is -6.33. The lowest BCUT2D eigenvalue weighted by Crippen LogP contribution is -2.59. The molecule has 0 aromatic heterocycles. The molecular weight excluding hydrogens is 1330 g/mol. The van der Waals surface area contributed by atoms with Gasteiger partial charge in [-0.25, -0.2) is 0 Å². The molecule has 3 heterocycles. The van der Waals surface area contributed by atoms with Gasteiger partial charge in [0.15, 0.2) is 18.9 Å². The van der Waals surface area contributed by atoms with E-state index in [1.807, 2.05) is 0 Å². The average Bonchev–Trinajstić information content (AvgIpc) is 0.830. The second kappa shape index (κ2) is 49.7. The second-order valence-corrected chi connectivity index (χ2v) is 26.0. The molecule has 9 unspecified atom stereocenters. The van der Waals surface area contributed by atoms with Gasteiger partial charge in [-0.1, -0.05) is 20.8 Å². The molecular formula is C64H115N7O29. The van der Waals surface area contributed by atoms with E-state index in [4.69, 9.17) is 42.6 Å². The number of amides is 7. The fourth-order valence-corrected chi connectivity index (χ4v) is 10.2. The van der Waals surface area contributed by atoms with Crippen LogP contribution in [0.1, 0.15) is 136 Å². The molecule has 0 aromatic carbocycles. The van der Waals surface area contributed by atoms with Crippen LogP contribution in [0.25, 0.3) is 0 Å². The summed E-state index contributed by atoms with van der Waals surface area (Å²) in [5, 5.41) is 138. The van der Waals surface area contributed by atoms with Crippen molar-refractivity contribution in [3.63, 3.8) is 0 Å². The first-order valence-corrected chi connectivity index (χ1v) is 34.6. The molecule has 3 fully saturated rings. The van der Waals surface area contributed by atoms with E-state index in [1.165, 1.54) is 0 Å². The van der Waals surface area contributed by atoms with Crippen molar-refractivity contribution in [1.29, 1.82) is 0 Å². The molecule has 3 saturated heterocycles. The zero-order chi connectivity index (χ0) is 74.0. The van der Waals surface area contributed by atoms with E-state index < -0.39 is 129 Å². The van der Waals surface area contributed by atoms with Crippen LogP contribution in [0.5, 0.6) is 0 Å². The normalized spacial score (nSPS) is 26.0. The van der Waals surface area contributed by atoms with Crippen molar-refractivity contribution in [1.82, 2.24) is 37.2 Å². The van der Waals surface area contributed by atoms with Gasteiger partial charge in [-0.15, -0.1) is 0 Å². The van der Waals surface area contributed by atoms with Crippen LogP contribution in [-0.2, 0) is 81.0 Å². The smallest absolute Gasteiger partial charge is 0.222 e. The summed E-state index contributed by atoms with van der Waals surface area (Å²) in [5.74, 6) is -2.44. The lowest BCUT2D eigenvalue weighted by Gasteiger charge is -2.39. The predicted molar refractivity (Wildman–Crippen MR) is 348 cm³/mol. The Balaban J connectivity index is 1.49. The van der Waals surface area contributed by atoms with E-state index in [1.54, 1.807) is 20.8 Å². The Morgan fingerprint density at radius 3 is 0.860 bits per heavy atom. The first-order valence-electron chi connectivity index (χ1n) is 34.6. The number of Topliss-reactive ketones (excluding diaryl/α,β-unsaturated/α-hetero) is 1. The quantitative estimate of drug-likeness (QED) is 0.0252. The molecule has 36 heteroatoms. The SMILES string of the molecule is CC(C)(C)C(=O)CCCC(=O)NC(COCCC(=O)NCCCNC(=O)CCCCO[C@@H]1OC(CO)[C@@H](O)C(O)C1O)(COCCC(=O)NCCCNC(=O)CCCCO[C@@H]1OC(CO)[C@@H](O)C(O)C1O)COCCC(=O)NCCCNC(=O)CCCCO[C@@H]1OC(CO)[C@@H](O)C(O)C1O. The van der Waals surface area contributed by atoms with Crippen LogP contribution in [0.4, 0.5) is 0 Å². The van der Waals surface area contributed by atoms with Gasteiger partial charge in [-0.2, -0.15) is 0 Å². The topological polar surface area (TPSA) is 547 Å². The van der Waals surface area contributed by atoms with Gasteiger partial charge in [0.25, 0.3) is 0 Å². The molecule has 0 aliphatic carbocycles. The number of aliphatic hydroxyl groups excluding tert-OH is 12. The minimum atomic E-state index is -1.57. The molecule has 0 aromatic rings. The number of carbonyl (C=O) groups is 8. The van der Waals surface area contributed by atoms with E-state index in [-0.39, 0.29) is 198 Å². The number of hydrogen-bond acceptors (Lipinski definition) is 29. The summed E-state index contributed by atoms with van der Waals surface area (Å²) in [6.07, 6.45) is -17.1. The molecule has 3 rings (SSSR count). The van der Waals surface area contributed by atoms with Crippen molar-refractivity contribution in [3.8, 4) is 0 Å². The van der Waals surface area contributed by atoms with Crippen molar-refractivity contribution in [3.05, 3.63) is 0 Å². The van der Waals surface area contributed by atoms with Gasteiger partial charge >= 0.3 is 0 Å². The molecule has 0 radical (unpaired) electrons. The fourth-order valence-electron chi connectivity index (χ4n) is 10.2. The second-order valence-electron chi connectivity index (χ2n) is 26.0. The van der Waals surface area contributed by atoms with Crippen LogP contribution in [0.3, 0.4) is 0 Å². The summed E-state index contributed by atoms with van der Waals surface area (Å²) >= 11 is 0. The third-order valence-corrected chi connectivity index (χ3v) is 16.4. The maximum Gasteiger partial charge on any atom is 0.222 e. The van der Waals surface area contributed by atoms with Crippen LogP contribution in [-0.4, -0.2) is 325 Å². The summed E-state index contributed by atoms with van der Waals surface area (Å²) in [7, 11) is 0. The van der Waals surface area contributed by atoms with Crippen molar-refractivity contribution in [2.24, 2.45) is 5.41 Å². The highest BCUT2D eigenvalue weighted by Crippen LogP contribution is 2.26. The highest BCUT2D eigenvalue weighted by Gasteiger charge is 2.46. The van der Waals surface area contributed by atoms with Gasteiger partial charge in [-0.3, -0.25) is 38.4 Å². The van der Waals surface area contributed by atoms with E-state index in [0.717, 1.165) is 0 Å². The first-order chi connectivity index (χ1) is 47.7. The number of carbonyl (C=O) groups excluding carboxylic acids is 8. The van der Waals surface area contributed by atoms with Gasteiger partial charge in [0.1, 0.15) is 84.6 Å². The van der Waals surface area contributed by atoms with Gasteiger partial charge in [0.2, 0.25) is 41.4 Å². The van der Waals surface area contributed by atoms with E-state index >= 15 is 0 Å². The molecule has 0 spiro atoms. The Labute approximate surface area is 582 Å². The molecule has 36 nitrogen and oxygen atoms in total. The fraction of sp³-hybridized carbons (Fsp3) is 0.875. The molecule has 19 N–H and O–H groups in total. The summed E-state index contributed by atoms with van der Waals surface area (Å²) < 4.78 is 50.3. The third-order valence-electron chi connectivity index (χ3n) is 16.4. The maximum absolute atomic E-state index is 13.7. The Bertz CT molecular complexity index is 2150. The molecule has 3 aliphatic rings. The third kappa shape index (κ3) is 35.1. The van der Waals surface area contributed by atoms with Crippen LogP contribution in [0.15, 0.2) is 0 Å². The highest BCUT2D eigenvalue weighted by molar-refractivity contribution is 5.84. The van der Waals surface area contributed by atoms with Gasteiger partial charge in [0, 0.05) is 116 Å². The number of rotatable bonds is 53. The standard InChI is InChI=1S/C64H115N7O29/c1-63(2,3)43(75)14-10-18-50(82)71-64(37-92-31-19-47(79)68-25-11-22-65-44(76)15-4-7-28-95-60-57(89)54(86)51(83)40(34-72)98-60,38-93-32-20-48(80)69-26-12-23-66-45(77)16-5-8-29-96-61-58(90)55(87)52(84)41(35-73)99-61)39-94-33-21-49(81)70-27-13-24-67-46(78)17-6-9-30-97-62-59(91)56(88)53(85)42(36-74)100-62/h40-42,51-62,72-74,83-91H,4-39H2,1-3H3,(H,65,76)(H,66,77)(H,67,78)(H,68,79)(H,69,80)(H,70,81)(H,71,82)/t40?,41?,42?,51-,52-,53-,54?,55?,56?,57?,58?,59?,60-,61-,62-,64?/m1/s1. The number of hydrogen-bond donors (Lipinski definition) is 19. The van der Waals surface area contributed by atoms with Gasteiger partial charge in [0.05, 0.1) is 59.5 Å². The minimum Gasteiger partial charge on any atom is -0.394 e. The number of ketones is 1. The monoisotopic (exact) mass is 1450 g/mol. The van der Waals surface area contributed by atoms with E-state index in [0.29, 0.717) is 57.8 Å². The number of ether oxygens (including phenoxy) is 9. The molecule has 3 aliphatic heterocycles. The Kier molecular flexibility index (Phi) is 44.4. The lowest BCUT2D eigenvalue weighted by atomic mass is 9.88. The molecule has 7 amide bonds. The number of aliphatic hydroxyl groups is 12. The molecule has 0 bridgehead atoms. The Hall–Kier alpha value is -4.88. The van der Waals surface area contributed by atoms with Crippen LogP contribution >= 0.6 is 0 Å². The Morgan fingerprint density at radius 2 is 0.590 bits per heavy atom. The summed E-state index contributed by atoms with van der Waals surface area (Å²) in [5.41, 5.74) is -2.10. The lowest BCUT2D eigenvalue weighted by molar-refractivity contribution is -0.301. The van der Waals surface area contributed by atoms with Crippen LogP contribution in [0, 0.1) is 5.41 Å². The zero-order valence-electron chi connectivity index (χ0n) is 57.9. The van der Waals surface area contributed by atoms with Gasteiger partial charge < -0.3 is 141 Å². The summed E-state index contributed by atoms with van der Waals surface area (Å²) in [6, 6.07) is 0. The molecule has 15 atom stereocenters. The zero-order valence-corrected chi connectivity index (χ0v) is 57.9. The maximum atomic E-state index is 13.7. The number of nitrogens with one attached hydrogen (secondary N) is 7. The Morgan fingerprint density at radius 1 is 0.320 bits per heavy atom. The van der Waals surface area contributed by atoms with Crippen LogP contribution < -0.4 is 37.2 Å². The highest BCUT2D eigenvalue weighted by atomic mass is 16.7. The van der Waals surface area contributed by atoms with Crippen molar-refractivity contribution in [2.45, 2.75) is 234 Å². The largest absolute Gasteiger partial charge is 0.394 e. The van der Waals surface area contributed by atoms with Crippen molar-refractivity contribution in [2.75, 3.05) is 119 Å². The van der Waals surface area contributed by atoms with Gasteiger partial charge in [-0.05, 0) is 64.2 Å². The number of unbranched alkanes of at least 4 members (excludes halogenated alkanes) is 3. The molecule has 580 valence electrons. The van der Waals surface area contributed by atoms with E-state index in [9.17, 15) is 99.6 Å². The summed E-state index contributed by atoms with van der Waals surface area (Å²) in [6.45, 7) is 3.85. The van der Waals surface area contributed by atoms with Crippen LogP contribution in [0.2, 0.25) is 0 Å². The summed E-state index contributed by atoms with van der Waals surface area (Å²) in [4.78, 5) is 103. The molecule has 0 saturated carbocycles. The average molecular weight is 1450 g/mol. The van der Waals surface area contributed by atoms with E-state index in [2.05, 4.69) is 37.2 Å². The van der Waals surface area contributed by atoms with Crippen molar-refractivity contribution >= 4 is 47.1 Å². The first kappa shape index (κ1) is 89.3. The minimum absolute atomic E-state index is 0.0487.